The third-order valence-corrected chi connectivity index (χ3v) is 3.15. The highest BCUT2D eigenvalue weighted by Crippen LogP contribution is 2.17. The largest absolute Gasteiger partial charge is 0.475 e. The van der Waals surface area contributed by atoms with Crippen molar-refractivity contribution < 1.29 is 4.74 Å². The van der Waals surface area contributed by atoms with Gasteiger partial charge in [0.2, 0.25) is 5.88 Å². The van der Waals surface area contributed by atoms with Crippen LogP contribution in [0.5, 0.6) is 5.88 Å². The second-order valence-electron chi connectivity index (χ2n) is 5.81. The number of nitrogens with zero attached hydrogens (tertiary/aromatic N) is 1. The maximum atomic E-state index is 5.95. The van der Waals surface area contributed by atoms with Crippen molar-refractivity contribution in [3.63, 3.8) is 0 Å². The summed E-state index contributed by atoms with van der Waals surface area (Å²) in [6.07, 6.45) is 4.55. The predicted octanol–water partition coefficient (Wildman–Crippen LogP) is 4.10. The topological polar surface area (TPSA) is 34.1 Å². The molecule has 1 unspecified atom stereocenters. The molecule has 114 valence electrons. The van der Waals surface area contributed by atoms with Crippen molar-refractivity contribution in [2.24, 2.45) is 0 Å². The van der Waals surface area contributed by atoms with Gasteiger partial charge < -0.3 is 10.1 Å². The van der Waals surface area contributed by atoms with Crippen LogP contribution in [0.3, 0.4) is 0 Å². The van der Waals surface area contributed by atoms with Gasteiger partial charge in [-0.2, -0.15) is 0 Å². The van der Waals surface area contributed by atoms with Crippen molar-refractivity contribution in [3.8, 4) is 5.88 Å². The predicted molar refractivity (Wildman–Crippen MR) is 85.2 cm³/mol. The average Bonchev–Trinajstić information content (AvgIpc) is 2.36. The number of ether oxygens (including phenoxy) is 1. The zero-order chi connectivity index (χ0) is 15.0. The Balaban J connectivity index is 2.80. The zero-order valence-electron chi connectivity index (χ0n) is 13.7. The lowest BCUT2D eigenvalue weighted by Gasteiger charge is -2.16. The Morgan fingerprint density at radius 3 is 2.50 bits per heavy atom. The van der Waals surface area contributed by atoms with Crippen LogP contribution in [-0.4, -0.2) is 17.1 Å². The van der Waals surface area contributed by atoms with E-state index in [0.29, 0.717) is 6.04 Å². The van der Waals surface area contributed by atoms with Crippen LogP contribution in [0.25, 0.3) is 0 Å². The molecular weight excluding hydrogens is 248 g/mol. The summed E-state index contributed by atoms with van der Waals surface area (Å²) in [6.45, 7) is 11.7. The van der Waals surface area contributed by atoms with Crippen LogP contribution >= 0.6 is 0 Å². The Hall–Kier alpha value is -1.09. The SMILES string of the molecule is CCCc1cc(CNC(C)C)cc(OC(C)CCC)n1. The van der Waals surface area contributed by atoms with Crippen LogP contribution < -0.4 is 10.1 Å². The van der Waals surface area contributed by atoms with E-state index in [2.05, 4.69) is 57.1 Å². The van der Waals surface area contributed by atoms with Crippen molar-refractivity contribution >= 4 is 0 Å². The van der Waals surface area contributed by atoms with E-state index in [-0.39, 0.29) is 6.10 Å². The van der Waals surface area contributed by atoms with Gasteiger partial charge >= 0.3 is 0 Å². The summed E-state index contributed by atoms with van der Waals surface area (Å²) in [5.74, 6) is 0.775. The van der Waals surface area contributed by atoms with Gasteiger partial charge in [0.25, 0.3) is 0 Å². The first-order chi connectivity index (χ1) is 9.55. The summed E-state index contributed by atoms with van der Waals surface area (Å²) in [5, 5.41) is 3.45. The van der Waals surface area contributed by atoms with Gasteiger partial charge in [-0.15, -0.1) is 0 Å². The third-order valence-electron chi connectivity index (χ3n) is 3.15. The molecule has 0 amide bonds. The van der Waals surface area contributed by atoms with E-state index >= 15 is 0 Å². The smallest absolute Gasteiger partial charge is 0.214 e. The van der Waals surface area contributed by atoms with Gasteiger partial charge in [0.1, 0.15) is 0 Å². The number of hydrogen-bond donors (Lipinski definition) is 1. The first kappa shape index (κ1) is 17.0. The summed E-state index contributed by atoms with van der Waals surface area (Å²) in [7, 11) is 0. The highest BCUT2D eigenvalue weighted by atomic mass is 16.5. The fraction of sp³-hybridized carbons (Fsp3) is 0.706. The van der Waals surface area contributed by atoms with Gasteiger partial charge in [-0.05, 0) is 31.4 Å². The molecule has 3 heteroatoms. The molecule has 1 atom stereocenters. The molecule has 0 aliphatic rings. The minimum absolute atomic E-state index is 0.232. The fourth-order valence-corrected chi connectivity index (χ4v) is 2.16. The van der Waals surface area contributed by atoms with E-state index in [9.17, 15) is 0 Å². The molecule has 0 bridgehead atoms. The van der Waals surface area contributed by atoms with Gasteiger partial charge in [-0.1, -0.05) is 40.5 Å². The molecule has 20 heavy (non-hydrogen) atoms. The molecule has 1 aromatic rings. The molecule has 0 saturated heterocycles. The van der Waals surface area contributed by atoms with Crippen molar-refractivity contribution in [2.75, 3.05) is 0 Å². The first-order valence-corrected chi connectivity index (χ1v) is 7.95. The molecule has 1 rings (SSSR count). The van der Waals surface area contributed by atoms with Gasteiger partial charge in [0, 0.05) is 24.3 Å². The molecule has 3 nitrogen and oxygen atoms in total. The van der Waals surface area contributed by atoms with Crippen molar-refractivity contribution in [2.45, 2.75) is 79.0 Å². The Bertz CT molecular complexity index is 391. The molecular formula is C17H30N2O. The Morgan fingerprint density at radius 2 is 1.90 bits per heavy atom. The fourth-order valence-electron chi connectivity index (χ4n) is 2.16. The molecule has 1 N–H and O–H groups in total. The third kappa shape index (κ3) is 6.38. The van der Waals surface area contributed by atoms with Crippen molar-refractivity contribution in [3.05, 3.63) is 23.4 Å². The zero-order valence-corrected chi connectivity index (χ0v) is 13.7. The lowest BCUT2D eigenvalue weighted by Crippen LogP contribution is -2.22. The summed E-state index contributed by atoms with van der Waals surface area (Å²) < 4.78 is 5.95. The number of aromatic nitrogens is 1. The molecule has 0 aliphatic carbocycles. The van der Waals surface area contributed by atoms with E-state index < -0.39 is 0 Å². The van der Waals surface area contributed by atoms with E-state index in [1.54, 1.807) is 0 Å². The van der Waals surface area contributed by atoms with E-state index in [0.717, 1.165) is 43.8 Å². The first-order valence-electron chi connectivity index (χ1n) is 7.95. The second-order valence-corrected chi connectivity index (χ2v) is 5.81. The molecule has 0 saturated carbocycles. The quantitative estimate of drug-likeness (QED) is 0.738. The normalized spacial score (nSPS) is 12.7. The second kappa shape index (κ2) is 8.96. The minimum Gasteiger partial charge on any atom is -0.475 e. The molecule has 0 fully saturated rings. The maximum Gasteiger partial charge on any atom is 0.214 e. The van der Waals surface area contributed by atoms with E-state index in [4.69, 9.17) is 4.74 Å². The highest BCUT2D eigenvalue weighted by molar-refractivity contribution is 5.25. The number of nitrogens with one attached hydrogen (secondary N) is 1. The summed E-state index contributed by atoms with van der Waals surface area (Å²) >= 11 is 0. The van der Waals surface area contributed by atoms with E-state index in [1.165, 1.54) is 5.56 Å². The number of hydrogen-bond acceptors (Lipinski definition) is 3. The molecule has 0 radical (unpaired) electrons. The summed E-state index contributed by atoms with van der Waals surface area (Å²) in [4.78, 5) is 4.62. The Kier molecular flexibility index (Phi) is 7.60. The molecule has 1 aromatic heterocycles. The Labute approximate surface area is 124 Å². The van der Waals surface area contributed by atoms with Crippen molar-refractivity contribution in [1.29, 1.82) is 0 Å². The van der Waals surface area contributed by atoms with Crippen molar-refractivity contribution in [1.82, 2.24) is 10.3 Å². The molecule has 1 heterocycles. The monoisotopic (exact) mass is 278 g/mol. The van der Waals surface area contributed by atoms with Gasteiger partial charge in [-0.3, -0.25) is 0 Å². The summed E-state index contributed by atoms with van der Waals surface area (Å²) in [5.41, 5.74) is 2.39. The number of aryl methyl sites for hydroxylation is 1. The lowest BCUT2D eigenvalue weighted by molar-refractivity contribution is 0.201. The van der Waals surface area contributed by atoms with Crippen LogP contribution in [-0.2, 0) is 13.0 Å². The molecule has 0 aromatic carbocycles. The van der Waals surface area contributed by atoms with Gasteiger partial charge in [0.05, 0.1) is 6.10 Å². The Morgan fingerprint density at radius 1 is 1.15 bits per heavy atom. The lowest BCUT2D eigenvalue weighted by atomic mass is 10.1. The van der Waals surface area contributed by atoms with Gasteiger partial charge in [0.15, 0.2) is 0 Å². The van der Waals surface area contributed by atoms with Gasteiger partial charge in [-0.25, -0.2) is 4.98 Å². The van der Waals surface area contributed by atoms with Crippen LogP contribution in [0, 0.1) is 0 Å². The molecule has 0 spiro atoms. The van der Waals surface area contributed by atoms with Crippen LogP contribution in [0.4, 0.5) is 0 Å². The molecule has 0 aliphatic heterocycles. The van der Waals surface area contributed by atoms with Crippen LogP contribution in [0.1, 0.15) is 65.1 Å². The number of pyridine rings is 1. The standard InChI is InChI=1S/C17H30N2O/c1-6-8-14(5)20-17-11-15(12-18-13(3)4)10-16(19-17)9-7-2/h10-11,13-14,18H,6-9,12H2,1-5H3. The van der Waals surface area contributed by atoms with Crippen LogP contribution in [0.2, 0.25) is 0 Å². The van der Waals surface area contributed by atoms with Crippen LogP contribution in [0.15, 0.2) is 12.1 Å². The maximum absolute atomic E-state index is 5.95. The minimum atomic E-state index is 0.232. The number of rotatable bonds is 9. The average molecular weight is 278 g/mol. The summed E-state index contributed by atoms with van der Waals surface area (Å²) in [6, 6.07) is 4.75. The highest BCUT2D eigenvalue weighted by Gasteiger charge is 2.08. The van der Waals surface area contributed by atoms with E-state index in [1.807, 2.05) is 0 Å².